The number of hydrogen-bond acceptors (Lipinski definition) is 4. The molecule has 4 nitrogen and oxygen atoms in total. The van der Waals surface area contributed by atoms with Gasteiger partial charge in [0.1, 0.15) is 0 Å². The highest BCUT2D eigenvalue weighted by atomic mass is 16.5. The fourth-order valence-corrected chi connectivity index (χ4v) is 3.84. The van der Waals surface area contributed by atoms with Gasteiger partial charge in [-0.3, -0.25) is 0 Å². The van der Waals surface area contributed by atoms with Crippen LogP contribution in [0.25, 0.3) is 0 Å². The van der Waals surface area contributed by atoms with Gasteiger partial charge < -0.3 is 19.3 Å². The van der Waals surface area contributed by atoms with Crippen LogP contribution in [0.4, 0.5) is 11.4 Å². The van der Waals surface area contributed by atoms with Gasteiger partial charge in [-0.05, 0) is 50.1 Å². The number of ether oxygens (including phenoxy) is 2. The summed E-state index contributed by atoms with van der Waals surface area (Å²) in [6.45, 7) is 4.43. The number of piperidine rings is 1. The van der Waals surface area contributed by atoms with Gasteiger partial charge in [-0.15, -0.1) is 0 Å². The lowest BCUT2D eigenvalue weighted by molar-refractivity contribution is 0.0410. The monoisotopic (exact) mass is 338 g/mol. The quantitative estimate of drug-likeness (QED) is 0.805. The lowest BCUT2D eigenvalue weighted by Crippen LogP contribution is -2.38. The second kappa shape index (κ2) is 7.46. The first-order valence-corrected chi connectivity index (χ1v) is 9.24. The molecule has 1 fully saturated rings. The third-order valence-electron chi connectivity index (χ3n) is 5.26. The number of likely N-dealkylation sites (tertiary alicyclic amines) is 1. The number of hydrogen-bond donors (Lipinski definition) is 0. The molecule has 0 amide bonds. The van der Waals surface area contributed by atoms with Crippen LogP contribution < -0.4 is 9.64 Å². The molecule has 1 saturated heterocycles. The number of rotatable bonds is 5. The molecule has 0 radical (unpaired) electrons. The maximum atomic E-state index is 6.06. The van der Waals surface area contributed by atoms with E-state index in [1.54, 1.807) is 0 Å². The third kappa shape index (κ3) is 3.51. The molecule has 0 N–H and O–H groups in total. The standard InChI is InChI=1S/C21H26N2O2/c1-24-17-11-15-22(16-12-17)13-6-14-23-18-7-2-4-9-20(18)25-21-10-5-3-8-19(21)23/h2-5,7-10,17H,6,11-16H2,1H3. The summed E-state index contributed by atoms with van der Waals surface area (Å²) in [6, 6.07) is 16.6. The van der Waals surface area contributed by atoms with Crippen molar-refractivity contribution in [2.45, 2.75) is 25.4 Å². The molecule has 2 aliphatic heterocycles. The van der Waals surface area contributed by atoms with Crippen molar-refractivity contribution in [1.29, 1.82) is 0 Å². The minimum absolute atomic E-state index is 0.453. The first kappa shape index (κ1) is 16.4. The van der Waals surface area contributed by atoms with Crippen LogP contribution in [-0.4, -0.2) is 44.3 Å². The number of methoxy groups -OCH3 is 1. The Hall–Kier alpha value is -2.04. The van der Waals surface area contributed by atoms with Crippen molar-refractivity contribution in [1.82, 2.24) is 4.90 Å². The highest BCUT2D eigenvalue weighted by Crippen LogP contribution is 2.46. The summed E-state index contributed by atoms with van der Waals surface area (Å²) in [6.07, 6.45) is 3.90. The summed E-state index contributed by atoms with van der Waals surface area (Å²) in [5.41, 5.74) is 2.33. The topological polar surface area (TPSA) is 24.9 Å². The summed E-state index contributed by atoms with van der Waals surface area (Å²) in [5, 5.41) is 0. The van der Waals surface area contributed by atoms with E-state index in [-0.39, 0.29) is 0 Å². The number of fused-ring (bicyclic) bond motifs is 2. The second-order valence-corrected chi connectivity index (χ2v) is 6.82. The second-order valence-electron chi connectivity index (χ2n) is 6.82. The first-order chi connectivity index (χ1) is 12.3. The maximum absolute atomic E-state index is 6.06. The zero-order valence-electron chi connectivity index (χ0n) is 14.9. The first-order valence-electron chi connectivity index (χ1n) is 9.24. The van der Waals surface area contributed by atoms with Crippen molar-refractivity contribution < 1.29 is 9.47 Å². The Morgan fingerprint density at radius 1 is 0.920 bits per heavy atom. The van der Waals surface area contributed by atoms with Gasteiger partial charge in [-0.2, -0.15) is 0 Å². The summed E-state index contributed by atoms with van der Waals surface area (Å²) in [5.74, 6) is 1.89. The molecule has 2 aromatic rings. The van der Waals surface area contributed by atoms with E-state index in [2.05, 4.69) is 34.1 Å². The molecule has 0 bridgehead atoms. The normalized spacial score (nSPS) is 17.7. The van der Waals surface area contributed by atoms with Gasteiger partial charge in [0.15, 0.2) is 11.5 Å². The van der Waals surface area contributed by atoms with E-state index in [0.29, 0.717) is 6.10 Å². The minimum Gasteiger partial charge on any atom is -0.453 e. The molecule has 2 heterocycles. The molecule has 0 aliphatic carbocycles. The minimum atomic E-state index is 0.453. The Morgan fingerprint density at radius 3 is 2.12 bits per heavy atom. The third-order valence-corrected chi connectivity index (χ3v) is 5.26. The molecule has 25 heavy (non-hydrogen) atoms. The summed E-state index contributed by atoms with van der Waals surface area (Å²) < 4.78 is 11.5. The molecule has 2 aliphatic rings. The summed E-state index contributed by atoms with van der Waals surface area (Å²) >= 11 is 0. The fourth-order valence-electron chi connectivity index (χ4n) is 3.84. The fraction of sp³-hybridized carbons (Fsp3) is 0.429. The molecule has 4 heteroatoms. The molecular formula is C21H26N2O2. The average molecular weight is 338 g/mol. The Bertz CT molecular complexity index is 665. The summed E-state index contributed by atoms with van der Waals surface area (Å²) in [4.78, 5) is 4.96. The zero-order chi connectivity index (χ0) is 17.1. The van der Waals surface area contributed by atoms with Crippen molar-refractivity contribution in [2.75, 3.05) is 38.2 Å². The molecule has 0 saturated carbocycles. The molecule has 0 unspecified atom stereocenters. The van der Waals surface area contributed by atoms with Gasteiger partial charge in [-0.1, -0.05) is 24.3 Å². The van der Waals surface area contributed by atoms with Crippen molar-refractivity contribution in [3.05, 3.63) is 48.5 Å². The smallest absolute Gasteiger partial charge is 0.151 e. The molecule has 0 atom stereocenters. The molecule has 4 rings (SSSR count). The number of nitrogens with zero attached hydrogens (tertiary/aromatic N) is 2. The SMILES string of the molecule is COC1CCN(CCCN2c3ccccc3Oc3ccccc32)CC1. The number of benzene rings is 2. The van der Waals surface area contributed by atoms with Gasteiger partial charge in [0.25, 0.3) is 0 Å². The zero-order valence-corrected chi connectivity index (χ0v) is 14.9. The van der Waals surface area contributed by atoms with Crippen molar-refractivity contribution in [2.24, 2.45) is 0 Å². The van der Waals surface area contributed by atoms with Gasteiger partial charge in [0.2, 0.25) is 0 Å². The largest absolute Gasteiger partial charge is 0.453 e. The van der Waals surface area contributed by atoms with E-state index in [4.69, 9.17) is 9.47 Å². The summed E-state index contributed by atoms with van der Waals surface area (Å²) in [7, 11) is 1.83. The van der Waals surface area contributed by atoms with Crippen LogP contribution in [0.3, 0.4) is 0 Å². The van der Waals surface area contributed by atoms with Gasteiger partial charge in [-0.25, -0.2) is 0 Å². The van der Waals surface area contributed by atoms with Crippen molar-refractivity contribution >= 4 is 11.4 Å². The van der Waals surface area contributed by atoms with Gasteiger partial charge >= 0.3 is 0 Å². The molecule has 0 spiro atoms. The maximum Gasteiger partial charge on any atom is 0.151 e. The molecule has 0 aromatic heterocycles. The van der Waals surface area contributed by atoms with E-state index in [0.717, 1.165) is 56.9 Å². The van der Waals surface area contributed by atoms with E-state index < -0.39 is 0 Å². The Kier molecular flexibility index (Phi) is 4.90. The number of para-hydroxylation sites is 4. The van der Waals surface area contributed by atoms with Gasteiger partial charge in [0, 0.05) is 26.7 Å². The van der Waals surface area contributed by atoms with Gasteiger partial charge in [0.05, 0.1) is 17.5 Å². The van der Waals surface area contributed by atoms with E-state index in [1.807, 2.05) is 31.4 Å². The van der Waals surface area contributed by atoms with Crippen LogP contribution in [0.1, 0.15) is 19.3 Å². The highest BCUT2D eigenvalue weighted by Gasteiger charge is 2.24. The predicted molar refractivity (Wildman–Crippen MR) is 101 cm³/mol. The van der Waals surface area contributed by atoms with Crippen molar-refractivity contribution in [3.63, 3.8) is 0 Å². The van der Waals surface area contributed by atoms with Crippen LogP contribution in [0.15, 0.2) is 48.5 Å². The molecule has 2 aromatic carbocycles. The Labute approximate surface area is 150 Å². The van der Waals surface area contributed by atoms with Crippen LogP contribution in [0.2, 0.25) is 0 Å². The lowest BCUT2D eigenvalue weighted by atomic mass is 10.1. The van der Waals surface area contributed by atoms with Crippen molar-refractivity contribution in [3.8, 4) is 11.5 Å². The average Bonchev–Trinajstić information content (AvgIpc) is 2.68. The van der Waals surface area contributed by atoms with Crippen LogP contribution in [0.5, 0.6) is 11.5 Å². The predicted octanol–water partition coefficient (Wildman–Crippen LogP) is 4.43. The molecule has 132 valence electrons. The van der Waals surface area contributed by atoms with E-state index in [9.17, 15) is 0 Å². The highest BCUT2D eigenvalue weighted by molar-refractivity contribution is 5.77. The Morgan fingerprint density at radius 2 is 1.52 bits per heavy atom. The van der Waals surface area contributed by atoms with Crippen LogP contribution in [0, 0.1) is 0 Å². The number of anilines is 2. The van der Waals surface area contributed by atoms with Crippen LogP contribution >= 0.6 is 0 Å². The van der Waals surface area contributed by atoms with E-state index >= 15 is 0 Å². The molecular weight excluding hydrogens is 312 g/mol. The van der Waals surface area contributed by atoms with E-state index in [1.165, 1.54) is 11.4 Å². The van der Waals surface area contributed by atoms with Crippen LogP contribution in [-0.2, 0) is 4.74 Å². The Balaban J connectivity index is 1.42. The lowest BCUT2D eigenvalue weighted by Gasteiger charge is -2.34.